The van der Waals surface area contributed by atoms with Crippen molar-refractivity contribution in [1.82, 2.24) is 10.2 Å². The summed E-state index contributed by atoms with van der Waals surface area (Å²) in [4.78, 5) is 29.7. The fraction of sp³-hybridized carbons (Fsp3) is 0.375. The van der Waals surface area contributed by atoms with Crippen LogP contribution in [-0.2, 0) is 39.0 Å². The Balaban J connectivity index is 1.78. The van der Waals surface area contributed by atoms with Gasteiger partial charge in [-0.05, 0) is 48.6 Å². The van der Waals surface area contributed by atoms with Crippen LogP contribution in [0.2, 0.25) is 10.0 Å². The number of anilines is 1. The summed E-state index contributed by atoms with van der Waals surface area (Å²) in [5, 5.41) is 3.86. The van der Waals surface area contributed by atoms with Crippen molar-refractivity contribution in [1.29, 1.82) is 0 Å². The molecule has 0 heterocycles. The SMILES string of the molecule is CCc1ccccc1N(CC(=O)N(Cc1c(Cl)cccc1Cl)[C@@H](Cc1ccccc1)C(=O)NC1CCCC1)S(C)(=O)=O. The minimum absolute atomic E-state index is 0.0283. The van der Waals surface area contributed by atoms with E-state index in [1.165, 1.54) is 4.90 Å². The van der Waals surface area contributed by atoms with Gasteiger partial charge in [-0.15, -0.1) is 0 Å². The highest BCUT2D eigenvalue weighted by atomic mass is 35.5. The van der Waals surface area contributed by atoms with Crippen LogP contribution in [0.4, 0.5) is 5.69 Å². The summed E-state index contributed by atoms with van der Waals surface area (Å²) in [6, 6.07) is 20.7. The molecule has 7 nitrogen and oxygen atoms in total. The van der Waals surface area contributed by atoms with Crippen LogP contribution >= 0.6 is 23.2 Å². The monoisotopic (exact) mass is 629 g/mol. The molecule has 0 radical (unpaired) electrons. The number of para-hydroxylation sites is 1. The van der Waals surface area contributed by atoms with E-state index in [-0.39, 0.29) is 24.9 Å². The number of nitrogens with zero attached hydrogens (tertiary/aromatic N) is 2. The Hall–Kier alpha value is -3.07. The van der Waals surface area contributed by atoms with Crippen molar-refractivity contribution in [2.24, 2.45) is 0 Å². The van der Waals surface area contributed by atoms with Crippen molar-refractivity contribution >= 4 is 50.7 Å². The maximum atomic E-state index is 14.3. The Labute approximate surface area is 258 Å². The number of rotatable bonds is 12. The van der Waals surface area contributed by atoms with E-state index in [0.29, 0.717) is 27.7 Å². The van der Waals surface area contributed by atoms with Crippen LogP contribution < -0.4 is 9.62 Å². The zero-order valence-corrected chi connectivity index (χ0v) is 26.3. The lowest BCUT2D eigenvalue weighted by Crippen LogP contribution is -2.54. The van der Waals surface area contributed by atoms with Gasteiger partial charge in [0.25, 0.3) is 0 Å². The molecule has 3 aromatic rings. The summed E-state index contributed by atoms with van der Waals surface area (Å²) in [7, 11) is -3.86. The van der Waals surface area contributed by atoms with Gasteiger partial charge in [0, 0.05) is 34.6 Å². The average Bonchev–Trinajstić information content (AvgIpc) is 3.47. The molecule has 1 atom stereocenters. The van der Waals surface area contributed by atoms with E-state index in [1.54, 1.807) is 30.3 Å². The quantitative estimate of drug-likeness (QED) is 0.265. The number of sulfonamides is 1. The first-order valence-corrected chi connectivity index (χ1v) is 16.8. The summed E-state index contributed by atoms with van der Waals surface area (Å²) in [6.45, 7) is 1.37. The van der Waals surface area contributed by atoms with Gasteiger partial charge >= 0.3 is 0 Å². The van der Waals surface area contributed by atoms with Gasteiger partial charge < -0.3 is 10.2 Å². The maximum absolute atomic E-state index is 14.3. The first-order chi connectivity index (χ1) is 20.1. The van der Waals surface area contributed by atoms with Crippen molar-refractivity contribution in [3.8, 4) is 0 Å². The normalized spacial score (nSPS) is 14.4. The minimum atomic E-state index is -3.86. The second kappa shape index (κ2) is 14.4. The molecule has 0 aromatic heterocycles. The van der Waals surface area contributed by atoms with E-state index in [9.17, 15) is 18.0 Å². The molecule has 224 valence electrons. The van der Waals surface area contributed by atoms with Gasteiger partial charge in [0.05, 0.1) is 11.9 Å². The molecule has 2 amide bonds. The fourth-order valence-corrected chi connectivity index (χ4v) is 6.82. The highest BCUT2D eigenvalue weighted by Gasteiger charge is 2.35. The van der Waals surface area contributed by atoms with Crippen LogP contribution in [0.15, 0.2) is 72.8 Å². The largest absolute Gasteiger partial charge is 0.352 e. The number of hydrogen-bond donors (Lipinski definition) is 1. The van der Waals surface area contributed by atoms with Gasteiger partial charge in [0.15, 0.2) is 0 Å². The summed E-state index contributed by atoms with van der Waals surface area (Å²) in [5.41, 5.74) is 2.57. The summed E-state index contributed by atoms with van der Waals surface area (Å²) in [6.07, 6.45) is 5.72. The second-order valence-electron chi connectivity index (χ2n) is 10.7. The predicted octanol–water partition coefficient (Wildman–Crippen LogP) is 6.02. The molecule has 42 heavy (non-hydrogen) atoms. The molecule has 3 aromatic carbocycles. The second-order valence-corrected chi connectivity index (χ2v) is 13.4. The summed E-state index contributed by atoms with van der Waals surface area (Å²) in [5.74, 6) is -0.827. The first kappa shape index (κ1) is 31.9. The third kappa shape index (κ3) is 8.06. The number of benzene rings is 3. The molecule has 1 saturated carbocycles. The van der Waals surface area contributed by atoms with Crippen molar-refractivity contribution in [3.63, 3.8) is 0 Å². The zero-order chi connectivity index (χ0) is 30.3. The summed E-state index contributed by atoms with van der Waals surface area (Å²) >= 11 is 13.1. The lowest BCUT2D eigenvalue weighted by atomic mass is 10.0. The van der Waals surface area contributed by atoms with Crippen molar-refractivity contribution in [2.45, 2.75) is 64.1 Å². The number of aryl methyl sites for hydroxylation is 1. The van der Waals surface area contributed by atoms with E-state index < -0.39 is 28.5 Å². The van der Waals surface area contributed by atoms with Gasteiger partial charge in [-0.25, -0.2) is 8.42 Å². The number of nitrogens with one attached hydrogen (secondary N) is 1. The first-order valence-electron chi connectivity index (χ1n) is 14.2. The van der Waals surface area contributed by atoms with Gasteiger partial charge in [0.2, 0.25) is 21.8 Å². The minimum Gasteiger partial charge on any atom is -0.352 e. The molecule has 1 fully saturated rings. The Morgan fingerprint density at radius 1 is 0.929 bits per heavy atom. The van der Waals surface area contributed by atoms with E-state index in [4.69, 9.17) is 23.2 Å². The lowest BCUT2D eigenvalue weighted by molar-refractivity contribution is -0.140. The Kier molecular flexibility index (Phi) is 10.9. The highest BCUT2D eigenvalue weighted by Crippen LogP contribution is 2.29. The topological polar surface area (TPSA) is 86.8 Å². The van der Waals surface area contributed by atoms with Crippen LogP contribution in [0.3, 0.4) is 0 Å². The van der Waals surface area contributed by atoms with E-state index >= 15 is 0 Å². The smallest absolute Gasteiger partial charge is 0.244 e. The third-order valence-corrected chi connectivity index (χ3v) is 9.52. The molecule has 0 saturated heterocycles. The molecule has 0 spiro atoms. The lowest BCUT2D eigenvalue weighted by Gasteiger charge is -2.34. The predicted molar refractivity (Wildman–Crippen MR) is 169 cm³/mol. The van der Waals surface area contributed by atoms with Crippen molar-refractivity contribution < 1.29 is 18.0 Å². The molecule has 1 aliphatic carbocycles. The molecule has 1 aliphatic rings. The Morgan fingerprint density at radius 2 is 1.55 bits per heavy atom. The molecule has 0 aliphatic heterocycles. The molecule has 1 N–H and O–H groups in total. The Bertz CT molecular complexity index is 1470. The van der Waals surface area contributed by atoms with E-state index in [1.807, 2.05) is 49.4 Å². The van der Waals surface area contributed by atoms with Gasteiger partial charge in [0.1, 0.15) is 12.6 Å². The maximum Gasteiger partial charge on any atom is 0.244 e. The molecule has 0 bridgehead atoms. The Morgan fingerprint density at radius 3 is 2.17 bits per heavy atom. The summed E-state index contributed by atoms with van der Waals surface area (Å²) < 4.78 is 27.3. The van der Waals surface area contributed by atoms with Crippen molar-refractivity contribution in [3.05, 3.63) is 99.5 Å². The zero-order valence-electron chi connectivity index (χ0n) is 23.9. The van der Waals surface area contributed by atoms with Gasteiger partial charge in [-0.2, -0.15) is 0 Å². The molecule has 4 rings (SSSR count). The standard InChI is InChI=1S/C32H37Cl2N3O4S/c1-3-24-14-7-10-19-29(24)37(42(2,40)41)22-31(38)36(21-26-27(33)17-11-18-28(26)34)30(20-23-12-5-4-6-13-23)32(39)35-25-15-8-9-16-25/h4-7,10-14,17-19,25,30H,3,8-9,15-16,20-22H2,1-2H3,(H,35,39)/t30-/m0/s1. The molecular formula is C32H37Cl2N3O4S. The van der Waals surface area contributed by atoms with Crippen LogP contribution in [0, 0.1) is 0 Å². The van der Waals surface area contributed by atoms with Crippen LogP contribution in [0.1, 0.15) is 49.3 Å². The van der Waals surface area contributed by atoms with Crippen LogP contribution in [0.25, 0.3) is 0 Å². The van der Waals surface area contributed by atoms with Crippen LogP contribution in [-0.4, -0.2) is 50.0 Å². The third-order valence-electron chi connectivity index (χ3n) is 7.68. The average molecular weight is 631 g/mol. The fourth-order valence-electron chi connectivity index (χ4n) is 5.42. The number of carbonyl (C=O) groups excluding carboxylic acids is 2. The number of hydrogen-bond acceptors (Lipinski definition) is 4. The highest BCUT2D eigenvalue weighted by molar-refractivity contribution is 7.92. The van der Waals surface area contributed by atoms with Gasteiger partial charge in [-0.3, -0.25) is 13.9 Å². The molecule has 0 unspecified atom stereocenters. The van der Waals surface area contributed by atoms with E-state index in [2.05, 4.69) is 5.32 Å². The number of amides is 2. The van der Waals surface area contributed by atoms with Crippen LogP contribution in [0.5, 0.6) is 0 Å². The number of halogens is 2. The number of carbonyl (C=O) groups is 2. The van der Waals surface area contributed by atoms with E-state index in [0.717, 1.165) is 47.4 Å². The van der Waals surface area contributed by atoms with Gasteiger partial charge in [-0.1, -0.05) is 97.6 Å². The molecular weight excluding hydrogens is 593 g/mol. The van der Waals surface area contributed by atoms with Crippen molar-refractivity contribution in [2.75, 3.05) is 17.1 Å². The molecule has 10 heteroatoms.